The summed E-state index contributed by atoms with van der Waals surface area (Å²) in [5, 5.41) is 6.81. The molecule has 2 fully saturated rings. The Kier molecular flexibility index (Phi) is 8.94. The summed E-state index contributed by atoms with van der Waals surface area (Å²) in [5.41, 5.74) is -0.0124. The fourth-order valence-corrected chi connectivity index (χ4v) is 3.36. The van der Waals surface area contributed by atoms with Crippen LogP contribution < -0.4 is 10.6 Å². The molecule has 0 aromatic carbocycles. The molecule has 0 aromatic heterocycles. The van der Waals surface area contributed by atoms with E-state index in [4.69, 9.17) is 4.74 Å². The second kappa shape index (κ2) is 9.87. The minimum Gasteiger partial charge on any atom is -0.373 e. The lowest BCUT2D eigenvalue weighted by molar-refractivity contribution is 0.0243. The summed E-state index contributed by atoms with van der Waals surface area (Å²) in [6.45, 7) is 4.94. The van der Waals surface area contributed by atoms with E-state index in [1.807, 2.05) is 7.05 Å². The van der Waals surface area contributed by atoms with E-state index < -0.39 is 0 Å². The van der Waals surface area contributed by atoms with E-state index >= 15 is 0 Å². The summed E-state index contributed by atoms with van der Waals surface area (Å²) in [6, 6.07) is 0. The highest BCUT2D eigenvalue weighted by Gasteiger charge is 2.29. The SMILES string of the molecule is CN=C(NCCCC1CCCC1)NCC1(C)CCCO1.I. The molecule has 0 spiro atoms. The van der Waals surface area contributed by atoms with Gasteiger partial charge in [0.05, 0.1) is 5.60 Å². The molecule has 1 unspecified atom stereocenters. The Morgan fingerprint density at radius 3 is 2.62 bits per heavy atom. The van der Waals surface area contributed by atoms with Gasteiger partial charge in [-0.05, 0) is 38.5 Å². The molecule has 21 heavy (non-hydrogen) atoms. The molecule has 0 amide bonds. The third kappa shape index (κ3) is 6.72. The molecule has 0 bridgehead atoms. The van der Waals surface area contributed by atoms with Crippen molar-refractivity contribution in [3.05, 3.63) is 0 Å². The minimum absolute atomic E-state index is 0. The Morgan fingerprint density at radius 1 is 1.24 bits per heavy atom. The molecule has 5 heteroatoms. The highest BCUT2D eigenvalue weighted by molar-refractivity contribution is 14.0. The highest BCUT2D eigenvalue weighted by Crippen LogP contribution is 2.28. The van der Waals surface area contributed by atoms with Crippen molar-refractivity contribution in [1.29, 1.82) is 0 Å². The number of guanidine groups is 1. The van der Waals surface area contributed by atoms with Crippen molar-refractivity contribution in [2.24, 2.45) is 10.9 Å². The van der Waals surface area contributed by atoms with Gasteiger partial charge in [0.25, 0.3) is 0 Å². The van der Waals surface area contributed by atoms with Gasteiger partial charge in [0.15, 0.2) is 5.96 Å². The van der Waals surface area contributed by atoms with E-state index in [9.17, 15) is 0 Å². The fraction of sp³-hybridized carbons (Fsp3) is 0.938. The second-order valence-electron chi connectivity index (χ2n) is 6.55. The van der Waals surface area contributed by atoms with Crippen LogP contribution in [0.4, 0.5) is 0 Å². The predicted octanol–water partition coefficient (Wildman–Crippen LogP) is 3.31. The van der Waals surface area contributed by atoms with Crippen molar-refractivity contribution in [3.63, 3.8) is 0 Å². The number of ether oxygens (including phenoxy) is 1. The zero-order valence-electron chi connectivity index (χ0n) is 13.6. The molecule has 2 aliphatic rings. The third-order valence-corrected chi connectivity index (χ3v) is 4.71. The van der Waals surface area contributed by atoms with E-state index in [2.05, 4.69) is 22.5 Å². The lowest BCUT2D eigenvalue weighted by Gasteiger charge is -2.24. The molecule has 1 aliphatic heterocycles. The van der Waals surface area contributed by atoms with Gasteiger partial charge in [-0.1, -0.05) is 25.7 Å². The van der Waals surface area contributed by atoms with Crippen molar-refractivity contribution < 1.29 is 4.74 Å². The first-order valence-electron chi connectivity index (χ1n) is 8.30. The number of aliphatic imine (C=N–C) groups is 1. The molecule has 1 heterocycles. The van der Waals surface area contributed by atoms with Gasteiger partial charge in [-0.15, -0.1) is 24.0 Å². The molecule has 1 saturated heterocycles. The van der Waals surface area contributed by atoms with Crippen molar-refractivity contribution >= 4 is 29.9 Å². The lowest BCUT2D eigenvalue weighted by Crippen LogP contribution is -2.45. The first-order valence-corrected chi connectivity index (χ1v) is 8.30. The van der Waals surface area contributed by atoms with Gasteiger partial charge in [-0.3, -0.25) is 4.99 Å². The van der Waals surface area contributed by atoms with E-state index in [1.165, 1.54) is 44.9 Å². The average molecular weight is 409 g/mol. The molecule has 124 valence electrons. The van der Waals surface area contributed by atoms with Crippen LogP contribution in [0.5, 0.6) is 0 Å². The zero-order valence-corrected chi connectivity index (χ0v) is 15.9. The smallest absolute Gasteiger partial charge is 0.191 e. The Hall–Kier alpha value is -0.0400. The number of rotatable bonds is 6. The maximum absolute atomic E-state index is 5.78. The Bertz CT molecular complexity index is 311. The van der Waals surface area contributed by atoms with Crippen LogP contribution in [0, 0.1) is 5.92 Å². The molecular weight excluding hydrogens is 377 g/mol. The largest absolute Gasteiger partial charge is 0.373 e. The standard InChI is InChI=1S/C16H31N3O.HI/c1-16(10-6-12-20-16)13-19-15(17-2)18-11-5-9-14-7-3-4-8-14;/h14H,3-13H2,1-2H3,(H2,17,18,19);1H. The van der Waals surface area contributed by atoms with Crippen LogP contribution in [0.3, 0.4) is 0 Å². The first kappa shape index (κ1) is 19.0. The van der Waals surface area contributed by atoms with Crippen molar-refractivity contribution in [1.82, 2.24) is 10.6 Å². The Morgan fingerprint density at radius 2 is 2.00 bits per heavy atom. The van der Waals surface area contributed by atoms with Crippen LogP contribution >= 0.6 is 24.0 Å². The second-order valence-corrected chi connectivity index (χ2v) is 6.55. The van der Waals surface area contributed by atoms with E-state index in [0.717, 1.165) is 38.0 Å². The van der Waals surface area contributed by atoms with E-state index in [0.29, 0.717) is 0 Å². The van der Waals surface area contributed by atoms with Gasteiger partial charge in [0.2, 0.25) is 0 Å². The van der Waals surface area contributed by atoms with Crippen LogP contribution in [0.15, 0.2) is 4.99 Å². The molecule has 1 aliphatic carbocycles. The lowest BCUT2D eigenvalue weighted by atomic mass is 10.0. The summed E-state index contributed by atoms with van der Waals surface area (Å²) in [4.78, 5) is 4.29. The quantitative estimate of drug-likeness (QED) is 0.306. The molecule has 2 N–H and O–H groups in total. The normalized spacial score (nSPS) is 26.7. The third-order valence-electron chi connectivity index (χ3n) is 4.71. The van der Waals surface area contributed by atoms with Crippen molar-refractivity contribution in [3.8, 4) is 0 Å². The van der Waals surface area contributed by atoms with Crippen LogP contribution in [-0.2, 0) is 4.74 Å². The Labute approximate surface area is 146 Å². The number of nitrogens with one attached hydrogen (secondary N) is 2. The molecule has 0 aromatic rings. The zero-order chi connectivity index (χ0) is 14.3. The summed E-state index contributed by atoms with van der Waals surface area (Å²) in [5.74, 6) is 1.89. The highest BCUT2D eigenvalue weighted by atomic mass is 127. The number of nitrogens with zero attached hydrogens (tertiary/aromatic N) is 1. The average Bonchev–Trinajstić information content (AvgIpc) is 3.10. The van der Waals surface area contributed by atoms with Gasteiger partial charge in [-0.2, -0.15) is 0 Å². The molecule has 1 atom stereocenters. The van der Waals surface area contributed by atoms with Crippen LogP contribution in [-0.4, -0.2) is 38.3 Å². The van der Waals surface area contributed by atoms with Gasteiger partial charge < -0.3 is 15.4 Å². The Balaban J connectivity index is 0.00000220. The fourth-order valence-electron chi connectivity index (χ4n) is 3.36. The van der Waals surface area contributed by atoms with Crippen LogP contribution in [0.25, 0.3) is 0 Å². The summed E-state index contributed by atoms with van der Waals surface area (Å²) < 4.78 is 5.78. The van der Waals surface area contributed by atoms with Gasteiger partial charge in [0, 0.05) is 26.7 Å². The molecule has 1 saturated carbocycles. The van der Waals surface area contributed by atoms with Crippen LogP contribution in [0.2, 0.25) is 0 Å². The van der Waals surface area contributed by atoms with E-state index in [-0.39, 0.29) is 29.6 Å². The summed E-state index contributed by atoms with van der Waals surface area (Å²) in [7, 11) is 1.84. The molecular formula is C16H32IN3O. The van der Waals surface area contributed by atoms with Crippen molar-refractivity contribution in [2.75, 3.05) is 26.7 Å². The topological polar surface area (TPSA) is 45.7 Å². The first-order chi connectivity index (χ1) is 9.72. The van der Waals surface area contributed by atoms with E-state index in [1.54, 1.807) is 0 Å². The minimum atomic E-state index is -0.0124. The maximum atomic E-state index is 5.78. The van der Waals surface area contributed by atoms with Crippen molar-refractivity contribution in [2.45, 2.75) is 63.9 Å². The van der Waals surface area contributed by atoms with Gasteiger partial charge in [-0.25, -0.2) is 0 Å². The monoisotopic (exact) mass is 409 g/mol. The summed E-state index contributed by atoms with van der Waals surface area (Å²) >= 11 is 0. The number of halogens is 1. The van der Waals surface area contributed by atoms with Gasteiger partial charge >= 0.3 is 0 Å². The predicted molar refractivity (Wildman–Crippen MR) is 99.6 cm³/mol. The van der Waals surface area contributed by atoms with Crippen LogP contribution in [0.1, 0.15) is 58.3 Å². The number of hydrogen-bond donors (Lipinski definition) is 2. The molecule has 4 nitrogen and oxygen atoms in total. The number of hydrogen-bond acceptors (Lipinski definition) is 2. The molecule has 2 rings (SSSR count). The maximum Gasteiger partial charge on any atom is 0.191 e. The molecule has 0 radical (unpaired) electrons. The summed E-state index contributed by atoms with van der Waals surface area (Å²) in [6.07, 6.45) is 10.7. The van der Waals surface area contributed by atoms with Gasteiger partial charge in [0.1, 0.15) is 0 Å².